The Kier molecular flexibility index (Phi) is 2.84. The maximum atomic E-state index is 6.09. The topological polar surface area (TPSA) is 37.8 Å². The second kappa shape index (κ2) is 4.13. The Morgan fingerprint density at radius 2 is 2.13 bits per heavy atom. The van der Waals surface area contributed by atoms with E-state index in [2.05, 4.69) is 15.3 Å². The normalized spacial score (nSPS) is 10.9. The molecule has 0 amide bonds. The third-order valence-electron chi connectivity index (χ3n) is 2.25. The van der Waals surface area contributed by atoms with Crippen molar-refractivity contribution in [3.05, 3.63) is 34.7 Å². The van der Waals surface area contributed by atoms with Gasteiger partial charge in [0.1, 0.15) is 5.82 Å². The fraction of sp³-hybridized carbons (Fsp3) is 0.273. The summed E-state index contributed by atoms with van der Waals surface area (Å²) in [5.74, 6) is 0.774. The number of fused-ring (bicyclic) bond motifs is 1. The maximum absolute atomic E-state index is 6.09. The average Bonchev–Trinajstić information content (AvgIpc) is 2.20. The number of nitrogens with zero attached hydrogens (tertiary/aromatic N) is 2. The standard InChI is InChI=1S/C11H12ClN3/c1-7-8-4-3-5-9(12)11(8)15-10(14-7)6-13-2/h3-5,13H,6H2,1-2H3. The highest BCUT2D eigenvalue weighted by molar-refractivity contribution is 6.35. The lowest BCUT2D eigenvalue weighted by Gasteiger charge is -2.06. The van der Waals surface area contributed by atoms with Gasteiger partial charge in [-0.1, -0.05) is 23.7 Å². The van der Waals surface area contributed by atoms with Crippen LogP contribution < -0.4 is 5.32 Å². The predicted molar refractivity (Wildman–Crippen MR) is 62.0 cm³/mol. The van der Waals surface area contributed by atoms with Crippen molar-refractivity contribution in [2.75, 3.05) is 7.05 Å². The van der Waals surface area contributed by atoms with E-state index in [9.17, 15) is 0 Å². The molecule has 1 aromatic carbocycles. The van der Waals surface area contributed by atoms with E-state index in [4.69, 9.17) is 11.6 Å². The van der Waals surface area contributed by atoms with E-state index in [0.29, 0.717) is 11.6 Å². The molecule has 0 fully saturated rings. The number of para-hydroxylation sites is 1. The fourth-order valence-electron chi connectivity index (χ4n) is 1.57. The van der Waals surface area contributed by atoms with Crippen molar-refractivity contribution in [3.63, 3.8) is 0 Å². The van der Waals surface area contributed by atoms with Crippen LogP contribution in [0.15, 0.2) is 18.2 Å². The zero-order valence-electron chi connectivity index (χ0n) is 8.71. The van der Waals surface area contributed by atoms with Crippen molar-refractivity contribution in [2.24, 2.45) is 0 Å². The first kappa shape index (κ1) is 10.3. The summed E-state index contributed by atoms with van der Waals surface area (Å²) in [7, 11) is 1.87. The molecular formula is C11H12ClN3. The number of hydrogen-bond acceptors (Lipinski definition) is 3. The first-order valence-corrected chi connectivity index (χ1v) is 5.16. The molecule has 0 bridgehead atoms. The number of benzene rings is 1. The van der Waals surface area contributed by atoms with Gasteiger partial charge in [-0.3, -0.25) is 0 Å². The lowest BCUT2D eigenvalue weighted by atomic mass is 10.2. The van der Waals surface area contributed by atoms with Gasteiger partial charge in [0.2, 0.25) is 0 Å². The number of aryl methyl sites for hydroxylation is 1. The summed E-state index contributed by atoms with van der Waals surface area (Å²) in [6.45, 7) is 2.63. The summed E-state index contributed by atoms with van der Waals surface area (Å²) in [4.78, 5) is 8.82. The lowest BCUT2D eigenvalue weighted by molar-refractivity contribution is 0.760. The van der Waals surface area contributed by atoms with Crippen LogP contribution in [-0.2, 0) is 6.54 Å². The Bertz CT molecular complexity index is 496. The highest BCUT2D eigenvalue weighted by Crippen LogP contribution is 2.22. The van der Waals surface area contributed by atoms with Crippen molar-refractivity contribution in [1.29, 1.82) is 0 Å². The molecule has 3 nitrogen and oxygen atoms in total. The summed E-state index contributed by atoms with van der Waals surface area (Å²) >= 11 is 6.09. The molecule has 0 aliphatic carbocycles. The molecule has 1 N–H and O–H groups in total. The molecule has 1 aromatic heterocycles. The monoisotopic (exact) mass is 221 g/mol. The molecule has 15 heavy (non-hydrogen) atoms. The Labute approximate surface area is 93.5 Å². The third kappa shape index (κ3) is 1.94. The van der Waals surface area contributed by atoms with Gasteiger partial charge in [-0.25, -0.2) is 9.97 Å². The Hall–Kier alpha value is -1.19. The second-order valence-electron chi connectivity index (χ2n) is 3.39. The van der Waals surface area contributed by atoms with E-state index >= 15 is 0 Å². The molecule has 0 radical (unpaired) electrons. The number of rotatable bonds is 2. The molecule has 78 valence electrons. The molecule has 0 saturated heterocycles. The second-order valence-corrected chi connectivity index (χ2v) is 3.80. The van der Waals surface area contributed by atoms with Crippen molar-refractivity contribution < 1.29 is 0 Å². The van der Waals surface area contributed by atoms with E-state index < -0.39 is 0 Å². The van der Waals surface area contributed by atoms with Crippen molar-refractivity contribution >= 4 is 22.5 Å². The minimum absolute atomic E-state index is 0.655. The quantitative estimate of drug-likeness (QED) is 0.846. The smallest absolute Gasteiger partial charge is 0.143 e. The highest BCUT2D eigenvalue weighted by Gasteiger charge is 2.06. The number of hydrogen-bond donors (Lipinski definition) is 1. The molecule has 2 rings (SSSR count). The molecule has 0 unspecified atom stereocenters. The number of halogens is 1. The Morgan fingerprint density at radius 3 is 2.87 bits per heavy atom. The van der Waals surface area contributed by atoms with Crippen LogP contribution in [0.4, 0.5) is 0 Å². The van der Waals surface area contributed by atoms with Crippen LogP contribution in [0.5, 0.6) is 0 Å². The Balaban J connectivity index is 2.68. The minimum atomic E-state index is 0.655. The largest absolute Gasteiger partial charge is 0.313 e. The summed E-state index contributed by atoms with van der Waals surface area (Å²) in [6.07, 6.45) is 0. The van der Waals surface area contributed by atoms with Crippen LogP contribution in [0.2, 0.25) is 5.02 Å². The molecule has 4 heteroatoms. The van der Waals surface area contributed by atoms with Crippen LogP contribution in [-0.4, -0.2) is 17.0 Å². The molecular weight excluding hydrogens is 210 g/mol. The van der Waals surface area contributed by atoms with Crippen LogP contribution in [0, 0.1) is 6.92 Å². The summed E-state index contributed by atoms with van der Waals surface area (Å²) in [6, 6.07) is 5.75. The fourth-order valence-corrected chi connectivity index (χ4v) is 1.78. The highest BCUT2D eigenvalue weighted by atomic mass is 35.5. The summed E-state index contributed by atoms with van der Waals surface area (Å²) < 4.78 is 0. The van der Waals surface area contributed by atoms with Crippen molar-refractivity contribution in [3.8, 4) is 0 Å². The van der Waals surface area contributed by atoms with Gasteiger partial charge >= 0.3 is 0 Å². The van der Waals surface area contributed by atoms with Gasteiger partial charge in [0.05, 0.1) is 17.1 Å². The van der Waals surface area contributed by atoms with Crippen molar-refractivity contribution in [1.82, 2.24) is 15.3 Å². The van der Waals surface area contributed by atoms with Crippen LogP contribution >= 0.6 is 11.6 Å². The molecule has 0 aliphatic rings. The first-order valence-electron chi connectivity index (χ1n) is 4.78. The Morgan fingerprint density at radius 1 is 1.33 bits per heavy atom. The molecule has 2 aromatic rings. The van der Waals surface area contributed by atoms with Gasteiger partial charge in [-0.05, 0) is 20.0 Å². The number of aromatic nitrogens is 2. The first-order chi connectivity index (χ1) is 7.22. The molecule has 0 spiro atoms. The van der Waals surface area contributed by atoms with Gasteiger partial charge in [0, 0.05) is 11.1 Å². The van der Waals surface area contributed by atoms with E-state index in [0.717, 1.165) is 22.4 Å². The van der Waals surface area contributed by atoms with E-state index in [-0.39, 0.29) is 0 Å². The van der Waals surface area contributed by atoms with Crippen LogP contribution in [0.25, 0.3) is 10.9 Å². The van der Waals surface area contributed by atoms with Crippen LogP contribution in [0.3, 0.4) is 0 Å². The molecule has 0 atom stereocenters. The van der Waals surface area contributed by atoms with E-state index in [1.165, 1.54) is 0 Å². The molecule has 0 aliphatic heterocycles. The predicted octanol–water partition coefficient (Wildman–Crippen LogP) is 2.31. The van der Waals surface area contributed by atoms with Crippen LogP contribution in [0.1, 0.15) is 11.5 Å². The zero-order valence-corrected chi connectivity index (χ0v) is 9.47. The lowest BCUT2D eigenvalue weighted by Crippen LogP contribution is -2.10. The average molecular weight is 222 g/mol. The zero-order chi connectivity index (χ0) is 10.8. The summed E-state index contributed by atoms with van der Waals surface area (Å²) in [5.41, 5.74) is 1.80. The van der Waals surface area contributed by atoms with Crippen molar-refractivity contribution in [2.45, 2.75) is 13.5 Å². The minimum Gasteiger partial charge on any atom is -0.313 e. The van der Waals surface area contributed by atoms with Gasteiger partial charge in [0.15, 0.2) is 0 Å². The SMILES string of the molecule is CNCc1nc(C)c2cccc(Cl)c2n1. The molecule has 0 saturated carbocycles. The van der Waals surface area contributed by atoms with Gasteiger partial charge in [0.25, 0.3) is 0 Å². The summed E-state index contributed by atoms with van der Waals surface area (Å²) in [5, 5.41) is 4.72. The van der Waals surface area contributed by atoms with Gasteiger partial charge < -0.3 is 5.32 Å². The molecule has 1 heterocycles. The van der Waals surface area contributed by atoms with E-state index in [1.807, 2.05) is 32.2 Å². The van der Waals surface area contributed by atoms with Gasteiger partial charge in [-0.15, -0.1) is 0 Å². The van der Waals surface area contributed by atoms with E-state index in [1.54, 1.807) is 0 Å². The van der Waals surface area contributed by atoms with Gasteiger partial charge in [-0.2, -0.15) is 0 Å². The third-order valence-corrected chi connectivity index (χ3v) is 2.55. The number of nitrogens with one attached hydrogen (secondary N) is 1. The maximum Gasteiger partial charge on any atom is 0.143 e.